The molecule has 3 N–H and O–H groups in total. The average molecular weight is 218 g/mol. The molecule has 0 unspecified atom stereocenters. The van der Waals surface area contributed by atoms with Crippen LogP contribution in [-0.4, -0.2) is 9.97 Å². The predicted octanol–water partition coefficient (Wildman–Crippen LogP) is 1.88. The third kappa shape index (κ3) is 2.13. The molecule has 0 atom stereocenters. The fraction of sp³-hybridized carbons (Fsp3) is 0.273. The number of rotatable bonds is 3. The Labute approximate surface area is 93.7 Å². The second-order valence-electron chi connectivity index (χ2n) is 3.61. The SMILES string of the molecule is Cc1cnc(CNc2nccc(C)c2N)o1. The number of nitrogen functional groups attached to an aromatic ring is 1. The summed E-state index contributed by atoms with van der Waals surface area (Å²) in [5.74, 6) is 2.08. The van der Waals surface area contributed by atoms with Gasteiger partial charge < -0.3 is 15.5 Å². The normalized spacial score (nSPS) is 10.4. The topological polar surface area (TPSA) is 77.0 Å². The molecular formula is C11H14N4O. The summed E-state index contributed by atoms with van der Waals surface area (Å²) < 4.78 is 5.33. The van der Waals surface area contributed by atoms with E-state index in [9.17, 15) is 0 Å². The first-order chi connectivity index (χ1) is 7.66. The van der Waals surface area contributed by atoms with Crippen LogP contribution in [0.3, 0.4) is 0 Å². The van der Waals surface area contributed by atoms with Crippen molar-refractivity contribution in [1.82, 2.24) is 9.97 Å². The van der Waals surface area contributed by atoms with Gasteiger partial charge in [-0.1, -0.05) is 0 Å². The van der Waals surface area contributed by atoms with Crippen LogP contribution in [0.5, 0.6) is 0 Å². The van der Waals surface area contributed by atoms with E-state index in [-0.39, 0.29) is 0 Å². The van der Waals surface area contributed by atoms with Crippen LogP contribution in [0.2, 0.25) is 0 Å². The van der Waals surface area contributed by atoms with Crippen molar-refractivity contribution in [1.29, 1.82) is 0 Å². The molecule has 0 aliphatic rings. The molecule has 0 saturated heterocycles. The second kappa shape index (κ2) is 4.22. The Morgan fingerprint density at radius 2 is 2.19 bits per heavy atom. The first-order valence-corrected chi connectivity index (χ1v) is 5.03. The molecule has 2 rings (SSSR count). The number of nitrogens with zero attached hydrogens (tertiary/aromatic N) is 2. The number of anilines is 2. The summed E-state index contributed by atoms with van der Waals surface area (Å²) in [5.41, 5.74) is 7.54. The molecule has 5 heteroatoms. The van der Waals surface area contributed by atoms with Crippen LogP contribution < -0.4 is 11.1 Å². The highest BCUT2D eigenvalue weighted by atomic mass is 16.4. The fourth-order valence-corrected chi connectivity index (χ4v) is 1.35. The second-order valence-corrected chi connectivity index (χ2v) is 3.61. The smallest absolute Gasteiger partial charge is 0.213 e. The molecule has 0 bridgehead atoms. The van der Waals surface area contributed by atoms with Crippen molar-refractivity contribution in [3.63, 3.8) is 0 Å². The molecule has 2 aromatic rings. The molecule has 0 radical (unpaired) electrons. The Hall–Kier alpha value is -2.04. The van der Waals surface area contributed by atoms with Gasteiger partial charge >= 0.3 is 0 Å². The van der Waals surface area contributed by atoms with Gasteiger partial charge in [-0.25, -0.2) is 9.97 Å². The lowest BCUT2D eigenvalue weighted by Gasteiger charge is -2.07. The van der Waals surface area contributed by atoms with Crippen molar-refractivity contribution < 1.29 is 4.42 Å². The molecule has 84 valence electrons. The third-order valence-corrected chi connectivity index (χ3v) is 2.28. The highest BCUT2D eigenvalue weighted by Crippen LogP contribution is 2.19. The molecule has 2 heterocycles. The zero-order valence-corrected chi connectivity index (χ0v) is 9.32. The van der Waals surface area contributed by atoms with Crippen molar-refractivity contribution in [2.45, 2.75) is 20.4 Å². The Bertz CT molecular complexity index is 492. The first-order valence-electron chi connectivity index (χ1n) is 5.03. The van der Waals surface area contributed by atoms with Crippen LogP contribution in [0.4, 0.5) is 11.5 Å². The molecule has 0 saturated carbocycles. The van der Waals surface area contributed by atoms with E-state index in [1.165, 1.54) is 0 Å². The summed E-state index contributed by atoms with van der Waals surface area (Å²) in [6, 6.07) is 1.87. The van der Waals surface area contributed by atoms with E-state index in [4.69, 9.17) is 10.2 Å². The fourth-order valence-electron chi connectivity index (χ4n) is 1.35. The van der Waals surface area contributed by atoms with Crippen molar-refractivity contribution >= 4 is 11.5 Å². The van der Waals surface area contributed by atoms with Gasteiger partial charge in [0.05, 0.1) is 18.4 Å². The van der Waals surface area contributed by atoms with Gasteiger partial charge in [-0.05, 0) is 25.5 Å². The molecule has 0 aromatic carbocycles. The molecule has 0 aliphatic carbocycles. The maximum atomic E-state index is 5.88. The van der Waals surface area contributed by atoms with Crippen LogP contribution >= 0.6 is 0 Å². The van der Waals surface area contributed by atoms with Gasteiger partial charge in [-0.3, -0.25) is 0 Å². The molecular weight excluding hydrogens is 204 g/mol. The van der Waals surface area contributed by atoms with E-state index in [1.54, 1.807) is 12.4 Å². The number of nitrogens with two attached hydrogens (primary N) is 1. The molecule has 5 nitrogen and oxygen atoms in total. The van der Waals surface area contributed by atoms with E-state index < -0.39 is 0 Å². The highest BCUT2D eigenvalue weighted by molar-refractivity contribution is 5.64. The zero-order chi connectivity index (χ0) is 11.5. The minimum atomic E-state index is 0.481. The average Bonchev–Trinajstić information content (AvgIpc) is 2.67. The van der Waals surface area contributed by atoms with Crippen LogP contribution in [0.15, 0.2) is 22.9 Å². The summed E-state index contributed by atoms with van der Waals surface area (Å²) in [4.78, 5) is 8.24. The number of nitrogens with one attached hydrogen (secondary N) is 1. The number of hydrogen-bond donors (Lipinski definition) is 2. The maximum Gasteiger partial charge on any atom is 0.213 e. The number of pyridine rings is 1. The third-order valence-electron chi connectivity index (χ3n) is 2.28. The first kappa shape index (κ1) is 10.5. The molecule has 0 spiro atoms. The van der Waals surface area contributed by atoms with Gasteiger partial charge in [0, 0.05) is 6.20 Å². The number of aryl methyl sites for hydroxylation is 2. The summed E-state index contributed by atoms with van der Waals surface area (Å²) in [6.45, 7) is 4.28. The number of hydrogen-bond acceptors (Lipinski definition) is 5. The maximum absolute atomic E-state index is 5.88. The summed E-state index contributed by atoms with van der Waals surface area (Å²) in [7, 11) is 0. The van der Waals surface area contributed by atoms with Crippen LogP contribution in [0, 0.1) is 13.8 Å². The lowest BCUT2D eigenvalue weighted by atomic mass is 10.2. The molecule has 2 aromatic heterocycles. The van der Waals surface area contributed by atoms with Crippen molar-refractivity contribution in [3.8, 4) is 0 Å². The Balaban J connectivity index is 2.07. The summed E-state index contributed by atoms with van der Waals surface area (Å²) in [6.07, 6.45) is 3.40. The predicted molar refractivity (Wildman–Crippen MR) is 62.0 cm³/mol. The monoisotopic (exact) mass is 218 g/mol. The molecule has 0 amide bonds. The van der Waals surface area contributed by atoms with Gasteiger partial charge in [-0.2, -0.15) is 0 Å². The summed E-state index contributed by atoms with van der Waals surface area (Å²) in [5, 5.41) is 3.09. The van der Waals surface area contributed by atoms with Crippen LogP contribution in [0.1, 0.15) is 17.2 Å². The van der Waals surface area contributed by atoms with Gasteiger partial charge in [0.25, 0.3) is 0 Å². The minimum Gasteiger partial charge on any atom is -0.444 e. The van der Waals surface area contributed by atoms with Crippen LogP contribution in [-0.2, 0) is 6.54 Å². The van der Waals surface area contributed by atoms with E-state index in [0.717, 1.165) is 11.3 Å². The van der Waals surface area contributed by atoms with Gasteiger partial charge in [0.1, 0.15) is 11.6 Å². The zero-order valence-electron chi connectivity index (χ0n) is 9.32. The Morgan fingerprint density at radius 3 is 2.88 bits per heavy atom. The van der Waals surface area contributed by atoms with E-state index in [0.29, 0.717) is 23.9 Å². The Morgan fingerprint density at radius 1 is 1.38 bits per heavy atom. The highest BCUT2D eigenvalue weighted by Gasteiger charge is 2.05. The standard InChI is InChI=1S/C11H14N4O/c1-7-3-4-13-11(10(7)12)15-6-9-14-5-8(2)16-9/h3-5H,6,12H2,1-2H3,(H,13,15). The molecule has 0 fully saturated rings. The van der Waals surface area contributed by atoms with E-state index >= 15 is 0 Å². The van der Waals surface area contributed by atoms with Gasteiger partial charge in [-0.15, -0.1) is 0 Å². The molecule has 16 heavy (non-hydrogen) atoms. The van der Waals surface area contributed by atoms with Gasteiger partial charge in [0.15, 0.2) is 0 Å². The van der Waals surface area contributed by atoms with Crippen molar-refractivity contribution in [2.24, 2.45) is 0 Å². The largest absolute Gasteiger partial charge is 0.444 e. The number of aromatic nitrogens is 2. The van der Waals surface area contributed by atoms with Crippen molar-refractivity contribution in [3.05, 3.63) is 35.7 Å². The number of oxazole rings is 1. The summed E-state index contributed by atoms with van der Waals surface area (Å²) >= 11 is 0. The molecule has 0 aliphatic heterocycles. The lowest BCUT2D eigenvalue weighted by molar-refractivity contribution is 0.479. The minimum absolute atomic E-state index is 0.481. The Kier molecular flexibility index (Phi) is 2.76. The lowest BCUT2D eigenvalue weighted by Crippen LogP contribution is -2.05. The quantitative estimate of drug-likeness (QED) is 0.822. The van der Waals surface area contributed by atoms with Gasteiger partial charge in [0.2, 0.25) is 5.89 Å². The van der Waals surface area contributed by atoms with E-state index in [1.807, 2.05) is 19.9 Å². The van der Waals surface area contributed by atoms with Crippen LogP contribution in [0.25, 0.3) is 0 Å². The van der Waals surface area contributed by atoms with E-state index in [2.05, 4.69) is 15.3 Å². The van der Waals surface area contributed by atoms with Crippen molar-refractivity contribution in [2.75, 3.05) is 11.1 Å².